The minimum atomic E-state index is -0.987. The summed E-state index contributed by atoms with van der Waals surface area (Å²) in [6.07, 6.45) is 6.43. The second kappa shape index (κ2) is 7.16. The third-order valence-corrected chi connectivity index (χ3v) is 6.17. The first kappa shape index (κ1) is 19.7. The van der Waals surface area contributed by atoms with Crippen LogP contribution >= 0.6 is 0 Å². The number of benzene rings is 1. The van der Waals surface area contributed by atoms with Gasteiger partial charge in [0, 0.05) is 35.7 Å². The molecule has 4 aromatic rings. The smallest absolute Gasteiger partial charge is 0.223 e. The number of aryl methyl sites for hydroxylation is 1. The van der Waals surface area contributed by atoms with E-state index >= 15 is 0 Å². The van der Waals surface area contributed by atoms with E-state index in [2.05, 4.69) is 15.2 Å². The van der Waals surface area contributed by atoms with Crippen LogP contribution in [0.2, 0.25) is 0 Å². The van der Waals surface area contributed by atoms with E-state index in [0.717, 1.165) is 24.9 Å². The molecule has 9 nitrogen and oxygen atoms in total. The molecular weight excluding hydrogens is 401 g/mol. The molecule has 0 unspecified atom stereocenters. The van der Waals surface area contributed by atoms with Crippen LogP contribution in [0.1, 0.15) is 49.9 Å². The van der Waals surface area contributed by atoms with Crippen molar-refractivity contribution < 1.29 is 14.2 Å². The molecule has 0 amide bonds. The molecule has 0 bridgehead atoms. The predicted molar refractivity (Wildman–Crippen MR) is 112 cm³/mol. The van der Waals surface area contributed by atoms with E-state index in [1.165, 1.54) is 23.8 Å². The van der Waals surface area contributed by atoms with E-state index in [9.17, 15) is 9.50 Å². The third kappa shape index (κ3) is 3.18. The predicted octanol–water partition coefficient (Wildman–Crippen LogP) is 2.77. The third-order valence-electron chi connectivity index (χ3n) is 6.17. The lowest BCUT2D eigenvalue weighted by Crippen LogP contribution is -2.32. The Morgan fingerprint density at radius 3 is 2.94 bits per heavy atom. The lowest BCUT2D eigenvalue weighted by Gasteiger charge is -2.35. The van der Waals surface area contributed by atoms with Crippen LogP contribution in [0.15, 0.2) is 24.5 Å². The first-order valence-electron chi connectivity index (χ1n) is 10.4. The number of rotatable bonds is 4. The number of nitrogens with two attached hydrogens (primary N) is 1. The van der Waals surface area contributed by atoms with Crippen LogP contribution in [0.4, 0.5) is 10.3 Å². The maximum absolute atomic E-state index is 14.3. The molecule has 31 heavy (non-hydrogen) atoms. The number of nitrogens with zero attached hydrogens (tertiary/aromatic N) is 6. The lowest BCUT2D eigenvalue weighted by atomic mass is 9.75. The minimum absolute atomic E-state index is 0.0684. The number of fused-ring (bicyclic) bond motifs is 3. The molecule has 162 valence electrons. The molecule has 3 N–H and O–H groups in total. The molecule has 1 aliphatic rings. The van der Waals surface area contributed by atoms with Gasteiger partial charge >= 0.3 is 0 Å². The lowest BCUT2D eigenvalue weighted by molar-refractivity contribution is -0.00946. The fraction of sp³-hybridized carbons (Fsp3) is 0.429. The zero-order valence-electron chi connectivity index (χ0n) is 17.4. The standard InChI is InChI=1S/C21H24FN7O2/c1-3-28-11-13(10-24-28)21(30)6-4-5-12(9-21)18-26-19-14-7-15(22)17(31-2)8-16(14)25-20(23)29(19)27-18/h7-8,10-12,30H,3-6,9H2,1-2H3,(H2,23,25)/t12-,21-/m1/s1. The van der Waals surface area contributed by atoms with Crippen LogP contribution in [-0.4, -0.2) is 41.6 Å². The van der Waals surface area contributed by atoms with Gasteiger partial charge in [0.25, 0.3) is 0 Å². The summed E-state index contributed by atoms with van der Waals surface area (Å²) in [5.74, 6) is 0.242. The van der Waals surface area contributed by atoms with Crippen LogP contribution in [0, 0.1) is 5.82 Å². The molecule has 0 saturated heterocycles. The number of halogens is 1. The van der Waals surface area contributed by atoms with Gasteiger partial charge in [0.15, 0.2) is 23.0 Å². The van der Waals surface area contributed by atoms with E-state index < -0.39 is 11.4 Å². The Bertz CT molecular complexity index is 1280. The Hall–Kier alpha value is -3.27. The molecule has 0 aliphatic heterocycles. The van der Waals surface area contributed by atoms with Crippen LogP contribution < -0.4 is 10.5 Å². The van der Waals surface area contributed by atoms with E-state index in [1.54, 1.807) is 10.9 Å². The maximum Gasteiger partial charge on any atom is 0.223 e. The van der Waals surface area contributed by atoms with Crippen LogP contribution in [0.25, 0.3) is 16.6 Å². The summed E-state index contributed by atoms with van der Waals surface area (Å²) < 4.78 is 22.6. The topological polar surface area (TPSA) is 116 Å². The first-order chi connectivity index (χ1) is 14.9. The zero-order chi connectivity index (χ0) is 21.8. The van der Waals surface area contributed by atoms with Gasteiger partial charge in [-0.15, -0.1) is 5.10 Å². The highest BCUT2D eigenvalue weighted by Crippen LogP contribution is 2.43. The monoisotopic (exact) mass is 425 g/mol. The average molecular weight is 425 g/mol. The Morgan fingerprint density at radius 1 is 1.35 bits per heavy atom. The number of hydrogen-bond donors (Lipinski definition) is 2. The van der Waals surface area contributed by atoms with Crippen LogP contribution in [-0.2, 0) is 12.1 Å². The number of hydrogen-bond acceptors (Lipinski definition) is 7. The Balaban J connectivity index is 1.56. The van der Waals surface area contributed by atoms with Crippen molar-refractivity contribution in [1.29, 1.82) is 0 Å². The highest BCUT2D eigenvalue weighted by Gasteiger charge is 2.39. The molecule has 1 aliphatic carbocycles. The molecule has 0 radical (unpaired) electrons. The fourth-order valence-electron chi connectivity index (χ4n) is 4.49. The number of anilines is 1. The highest BCUT2D eigenvalue weighted by molar-refractivity contribution is 5.93. The summed E-state index contributed by atoms with van der Waals surface area (Å²) in [7, 11) is 1.40. The molecule has 1 aromatic carbocycles. The molecule has 1 saturated carbocycles. The van der Waals surface area contributed by atoms with Gasteiger partial charge in [0.1, 0.15) is 0 Å². The van der Waals surface area contributed by atoms with Gasteiger partial charge in [-0.25, -0.2) is 14.4 Å². The summed E-state index contributed by atoms with van der Waals surface area (Å²) >= 11 is 0. The summed E-state index contributed by atoms with van der Waals surface area (Å²) in [5, 5.41) is 20.7. The first-order valence-corrected chi connectivity index (χ1v) is 10.4. The van der Waals surface area contributed by atoms with E-state index in [4.69, 9.17) is 15.5 Å². The van der Waals surface area contributed by atoms with Crippen molar-refractivity contribution in [2.45, 2.75) is 50.7 Å². The van der Waals surface area contributed by atoms with E-state index in [0.29, 0.717) is 35.2 Å². The van der Waals surface area contributed by atoms with Crippen molar-refractivity contribution in [3.63, 3.8) is 0 Å². The Labute approximate surface area is 177 Å². The van der Waals surface area contributed by atoms with Gasteiger partial charge in [0.05, 0.1) is 24.4 Å². The summed E-state index contributed by atoms with van der Waals surface area (Å²) in [6, 6.07) is 2.84. The molecule has 1 fully saturated rings. The van der Waals surface area contributed by atoms with Gasteiger partial charge in [-0.2, -0.15) is 9.61 Å². The summed E-state index contributed by atoms with van der Waals surface area (Å²) in [5.41, 5.74) is 6.85. The van der Waals surface area contributed by atoms with Crippen LogP contribution in [0.3, 0.4) is 0 Å². The fourth-order valence-corrected chi connectivity index (χ4v) is 4.49. The number of aliphatic hydroxyl groups is 1. The number of ether oxygens (including phenoxy) is 1. The number of aromatic nitrogens is 6. The van der Waals surface area contributed by atoms with Crippen LogP contribution in [0.5, 0.6) is 5.75 Å². The Kier molecular flexibility index (Phi) is 4.54. The van der Waals surface area contributed by atoms with Gasteiger partial charge in [-0.1, -0.05) is 0 Å². The summed E-state index contributed by atoms with van der Waals surface area (Å²) in [6.45, 7) is 2.75. The molecule has 3 aromatic heterocycles. The normalized spacial score (nSPS) is 21.7. The van der Waals surface area contributed by atoms with Gasteiger partial charge in [-0.3, -0.25) is 4.68 Å². The molecule has 10 heteroatoms. The van der Waals surface area contributed by atoms with E-state index in [1.807, 2.05) is 13.1 Å². The molecular formula is C21H24FN7O2. The van der Waals surface area contributed by atoms with Gasteiger partial charge in [-0.05, 0) is 38.7 Å². The summed E-state index contributed by atoms with van der Waals surface area (Å²) in [4.78, 5) is 9.03. The largest absolute Gasteiger partial charge is 0.494 e. The quantitative estimate of drug-likeness (QED) is 0.516. The SMILES string of the molecule is CCn1cc([C@@]2(O)CCC[C@@H](c3nc4c5cc(F)c(OC)cc5nc(N)n4n3)C2)cn1. The molecule has 3 heterocycles. The Morgan fingerprint density at radius 2 is 2.19 bits per heavy atom. The average Bonchev–Trinajstić information content (AvgIpc) is 3.42. The highest BCUT2D eigenvalue weighted by atomic mass is 19.1. The maximum atomic E-state index is 14.3. The second-order valence-corrected chi connectivity index (χ2v) is 8.09. The minimum Gasteiger partial charge on any atom is -0.494 e. The van der Waals surface area contributed by atoms with Gasteiger partial charge in [0.2, 0.25) is 5.95 Å². The molecule has 2 atom stereocenters. The van der Waals surface area contributed by atoms with Crippen molar-refractivity contribution in [3.8, 4) is 5.75 Å². The van der Waals surface area contributed by atoms with Crippen molar-refractivity contribution in [1.82, 2.24) is 29.4 Å². The second-order valence-electron chi connectivity index (χ2n) is 8.09. The number of nitrogen functional groups attached to an aromatic ring is 1. The number of methoxy groups -OCH3 is 1. The van der Waals surface area contributed by atoms with E-state index in [-0.39, 0.29) is 17.6 Å². The van der Waals surface area contributed by atoms with Crippen molar-refractivity contribution in [2.75, 3.05) is 12.8 Å². The molecule has 0 spiro atoms. The van der Waals surface area contributed by atoms with Crippen molar-refractivity contribution >= 4 is 22.5 Å². The van der Waals surface area contributed by atoms with Crippen molar-refractivity contribution in [2.24, 2.45) is 0 Å². The zero-order valence-corrected chi connectivity index (χ0v) is 17.4. The van der Waals surface area contributed by atoms with Gasteiger partial charge < -0.3 is 15.6 Å². The van der Waals surface area contributed by atoms with Crippen molar-refractivity contribution in [3.05, 3.63) is 41.7 Å². The molecule has 5 rings (SSSR count).